The summed E-state index contributed by atoms with van der Waals surface area (Å²) < 4.78 is 20.0. The van der Waals surface area contributed by atoms with Gasteiger partial charge in [0.25, 0.3) is 0 Å². The standard InChI is InChI=1S/C14H10BrFN2OS/c1-19-13-9(15)4-7(5-10(13)17)14-18-11-3-2-8(16)6-12(11)20-14/h2-6H,17H2,1H3. The third-order valence-electron chi connectivity index (χ3n) is 2.87. The molecule has 0 spiro atoms. The largest absolute Gasteiger partial charge is 0.493 e. The van der Waals surface area contributed by atoms with E-state index in [4.69, 9.17) is 10.5 Å². The van der Waals surface area contributed by atoms with Gasteiger partial charge in [0, 0.05) is 5.56 Å². The quantitative estimate of drug-likeness (QED) is 0.692. The molecule has 2 aromatic carbocycles. The molecule has 102 valence electrons. The monoisotopic (exact) mass is 352 g/mol. The van der Waals surface area contributed by atoms with Gasteiger partial charge >= 0.3 is 0 Å². The molecule has 0 atom stereocenters. The zero-order valence-electron chi connectivity index (χ0n) is 10.5. The predicted molar refractivity (Wildman–Crippen MR) is 83.7 cm³/mol. The van der Waals surface area contributed by atoms with Crippen molar-refractivity contribution in [1.82, 2.24) is 4.98 Å². The summed E-state index contributed by atoms with van der Waals surface area (Å²) in [4.78, 5) is 4.50. The second kappa shape index (κ2) is 5.03. The maximum absolute atomic E-state index is 13.2. The van der Waals surface area contributed by atoms with E-state index >= 15 is 0 Å². The number of aromatic nitrogens is 1. The Morgan fingerprint density at radius 2 is 2.10 bits per heavy atom. The van der Waals surface area contributed by atoms with Gasteiger partial charge in [0.05, 0.1) is 27.5 Å². The first-order chi connectivity index (χ1) is 9.58. The van der Waals surface area contributed by atoms with E-state index in [0.29, 0.717) is 11.4 Å². The second-order valence-corrected chi connectivity index (χ2v) is 6.10. The lowest BCUT2D eigenvalue weighted by atomic mass is 10.2. The van der Waals surface area contributed by atoms with Gasteiger partial charge in [0.1, 0.15) is 10.8 Å². The van der Waals surface area contributed by atoms with E-state index < -0.39 is 0 Å². The first-order valence-corrected chi connectivity index (χ1v) is 7.39. The van der Waals surface area contributed by atoms with Gasteiger partial charge in [-0.1, -0.05) is 0 Å². The fourth-order valence-corrected chi connectivity index (χ4v) is 3.59. The van der Waals surface area contributed by atoms with Crippen molar-refractivity contribution in [3.63, 3.8) is 0 Å². The molecule has 0 fully saturated rings. The summed E-state index contributed by atoms with van der Waals surface area (Å²) in [7, 11) is 1.57. The van der Waals surface area contributed by atoms with Crippen LogP contribution in [0.2, 0.25) is 0 Å². The first kappa shape index (κ1) is 13.3. The number of nitrogens with zero attached hydrogens (tertiary/aromatic N) is 1. The van der Waals surface area contributed by atoms with Crippen LogP contribution in [-0.2, 0) is 0 Å². The minimum absolute atomic E-state index is 0.261. The molecule has 0 radical (unpaired) electrons. The van der Waals surface area contributed by atoms with Gasteiger partial charge < -0.3 is 10.5 Å². The summed E-state index contributed by atoms with van der Waals surface area (Å²) in [6, 6.07) is 8.26. The predicted octanol–water partition coefficient (Wildman–Crippen LogP) is 4.46. The van der Waals surface area contributed by atoms with Crippen LogP contribution < -0.4 is 10.5 Å². The van der Waals surface area contributed by atoms with E-state index in [9.17, 15) is 4.39 Å². The number of nitrogens with two attached hydrogens (primary N) is 1. The summed E-state index contributed by atoms with van der Waals surface area (Å²) in [5, 5.41) is 0.792. The minimum Gasteiger partial charge on any atom is -0.493 e. The Balaban J connectivity index is 2.15. The number of benzene rings is 2. The normalized spacial score (nSPS) is 10.9. The molecule has 0 unspecified atom stereocenters. The number of nitrogen functional groups attached to an aromatic ring is 1. The lowest BCUT2D eigenvalue weighted by Crippen LogP contribution is -1.94. The average Bonchev–Trinajstić information content (AvgIpc) is 2.81. The zero-order valence-corrected chi connectivity index (χ0v) is 12.9. The maximum atomic E-state index is 13.2. The van der Waals surface area contributed by atoms with E-state index in [0.717, 1.165) is 25.3 Å². The fraction of sp³-hybridized carbons (Fsp3) is 0.0714. The molecule has 6 heteroatoms. The number of hydrogen-bond donors (Lipinski definition) is 1. The highest BCUT2D eigenvalue weighted by atomic mass is 79.9. The van der Waals surface area contributed by atoms with Crippen LogP contribution in [0.25, 0.3) is 20.8 Å². The van der Waals surface area contributed by atoms with E-state index in [1.165, 1.54) is 23.5 Å². The molecular formula is C14H10BrFN2OS. The van der Waals surface area contributed by atoms with Gasteiger partial charge in [-0.2, -0.15) is 0 Å². The summed E-state index contributed by atoms with van der Waals surface area (Å²) in [6.07, 6.45) is 0. The molecular weight excluding hydrogens is 343 g/mol. The Labute approximate surface area is 127 Å². The van der Waals surface area contributed by atoms with Crippen LogP contribution in [-0.4, -0.2) is 12.1 Å². The van der Waals surface area contributed by atoms with Gasteiger partial charge in [-0.05, 0) is 46.3 Å². The summed E-state index contributed by atoms with van der Waals surface area (Å²) in [6.45, 7) is 0. The van der Waals surface area contributed by atoms with Crippen LogP contribution in [0.4, 0.5) is 10.1 Å². The molecule has 1 heterocycles. The number of methoxy groups -OCH3 is 1. The van der Waals surface area contributed by atoms with Crippen molar-refractivity contribution in [1.29, 1.82) is 0 Å². The van der Waals surface area contributed by atoms with Crippen LogP contribution in [0.15, 0.2) is 34.8 Å². The number of rotatable bonds is 2. The van der Waals surface area contributed by atoms with Crippen molar-refractivity contribution >= 4 is 43.2 Å². The number of thiazole rings is 1. The number of halogens is 2. The molecule has 3 aromatic rings. The summed E-state index contributed by atoms with van der Waals surface area (Å²) >= 11 is 4.85. The third kappa shape index (κ3) is 2.25. The lowest BCUT2D eigenvalue weighted by Gasteiger charge is -2.08. The molecule has 0 aliphatic rings. The highest BCUT2D eigenvalue weighted by molar-refractivity contribution is 9.10. The molecule has 0 saturated carbocycles. The summed E-state index contributed by atoms with van der Waals surface area (Å²) in [5.41, 5.74) is 8.13. The number of anilines is 1. The van der Waals surface area contributed by atoms with Gasteiger partial charge in [-0.25, -0.2) is 9.37 Å². The van der Waals surface area contributed by atoms with Crippen LogP contribution in [0.5, 0.6) is 5.75 Å². The molecule has 0 amide bonds. The minimum atomic E-state index is -0.261. The zero-order chi connectivity index (χ0) is 14.3. The van der Waals surface area contributed by atoms with Gasteiger partial charge in [0.2, 0.25) is 0 Å². The second-order valence-electron chi connectivity index (χ2n) is 4.21. The first-order valence-electron chi connectivity index (χ1n) is 5.78. The molecule has 3 nitrogen and oxygen atoms in total. The molecule has 20 heavy (non-hydrogen) atoms. The van der Waals surface area contributed by atoms with Crippen LogP contribution >= 0.6 is 27.3 Å². The number of ether oxygens (including phenoxy) is 1. The fourth-order valence-electron chi connectivity index (χ4n) is 1.98. The van der Waals surface area contributed by atoms with Crippen LogP contribution in [0, 0.1) is 5.82 Å². The van der Waals surface area contributed by atoms with Crippen molar-refractivity contribution in [3.05, 3.63) is 40.6 Å². The Morgan fingerprint density at radius 1 is 1.30 bits per heavy atom. The lowest BCUT2D eigenvalue weighted by molar-refractivity contribution is 0.414. The van der Waals surface area contributed by atoms with Gasteiger partial charge in [0.15, 0.2) is 5.75 Å². The Kier molecular flexibility index (Phi) is 3.35. The Hall–Kier alpha value is -1.66. The highest BCUT2D eigenvalue weighted by Gasteiger charge is 2.12. The van der Waals surface area contributed by atoms with Crippen molar-refractivity contribution in [2.75, 3.05) is 12.8 Å². The molecule has 0 bridgehead atoms. The Bertz CT molecular complexity index is 780. The smallest absolute Gasteiger partial charge is 0.155 e. The van der Waals surface area contributed by atoms with E-state index in [1.54, 1.807) is 19.2 Å². The molecule has 0 saturated heterocycles. The topological polar surface area (TPSA) is 48.1 Å². The van der Waals surface area contributed by atoms with Gasteiger partial charge in [-0.3, -0.25) is 0 Å². The molecule has 3 rings (SSSR count). The van der Waals surface area contributed by atoms with E-state index in [1.807, 2.05) is 6.07 Å². The highest BCUT2D eigenvalue weighted by Crippen LogP contribution is 2.38. The maximum Gasteiger partial charge on any atom is 0.155 e. The van der Waals surface area contributed by atoms with Crippen molar-refractivity contribution in [2.24, 2.45) is 0 Å². The average molecular weight is 353 g/mol. The van der Waals surface area contributed by atoms with Crippen LogP contribution in [0.1, 0.15) is 0 Å². The SMILES string of the molecule is COc1c(N)cc(-c2nc3ccc(F)cc3s2)cc1Br. The summed E-state index contributed by atoms with van der Waals surface area (Å²) in [5.74, 6) is 0.337. The van der Waals surface area contributed by atoms with E-state index in [2.05, 4.69) is 20.9 Å². The van der Waals surface area contributed by atoms with Crippen molar-refractivity contribution in [3.8, 4) is 16.3 Å². The van der Waals surface area contributed by atoms with Gasteiger partial charge in [-0.15, -0.1) is 11.3 Å². The number of fused-ring (bicyclic) bond motifs is 1. The molecule has 0 aliphatic heterocycles. The van der Waals surface area contributed by atoms with Crippen molar-refractivity contribution < 1.29 is 9.13 Å². The molecule has 1 aromatic heterocycles. The Morgan fingerprint density at radius 3 is 2.80 bits per heavy atom. The van der Waals surface area contributed by atoms with Crippen molar-refractivity contribution in [2.45, 2.75) is 0 Å². The third-order valence-corrected chi connectivity index (χ3v) is 4.53. The number of hydrogen-bond acceptors (Lipinski definition) is 4. The van der Waals surface area contributed by atoms with E-state index in [-0.39, 0.29) is 5.82 Å². The van der Waals surface area contributed by atoms with Crippen LogP contribution in [0.3, 0.4) is 0 Å². The molecule has 2 N–H and O–H groups in total. The molecule has 0 aliphatic carbocycles.